The summed E-state index contributed by atoms with van der Waals surface area (Å²) < 4.78 is 30.2. The Morgan fingerprint density at radius 2 is 1.67 bits per heavy atom. The van der Waals surface area contributed by atoms with Crippen LogP contribution in [0.2, 0.25) is 0 Å². The zero-order chi connectivity index (χ0) is 17.0. The van der Waals surface area contributed by atoms with Gasteiger partial charge in [-0.25, -0.2) is 0 Å². The summed E-state index contributed by atoms with van der Waals surface area (Å²) in [6, 6.07) is 19.3. The summed E-state index contributed by atoms with van der Waals surface area (Å²) in [4.78, 5) is 2.44. The Labute approximate surface area is 140 Å². The van der Waals surface area contributed by atoms with Gasteiger partial charge in [0.05, 0.1) is 11.2 Å². The Bertz CT molecular complexity index is 930. The molecule has 0 aliphatic rings. The molecule has 24 heavy (non-hydrogen) atoms. The smallest absolute Gasteiger partial charge is 0.276 e. The lowest BCUT2D eigenvalue weighted by Gasteiger charge is -2.07. The molecule has 1 aromatic heterocycles. The molecule has 6 heteroatoms. The first kappa shape index (κ1) is 16.0. The van der Waals surface area contributed by atoms with Crippen LogP contribution >= 0.6 is 0 Å². The van der Waals surface area contributed by atoms with Crippen molar-refractivity contribution in [3.05, 3.63) is 89.9 Å². The summed E-state index contributed by atoms with van der Waals surface area (Å²) in [6.07, 6.45) is 1.52. The predicted octanol–water partition coefficient (Wildman–Crippen LogP) is 3.32. The zero-order valence-electron chi connectivity index (χ0n) is 13.0. The summed E-state index contributed by atoms with van der Waals surface area (Å²) in [7, 11) is -3.75. The minimum absolute atomic E-state index is 0.156. The molecule has 3 aromatic rings. The fourth-order valence-electron chi connectivity index (χ4n) is 2.15. The number of nitrogens with zero attached hydrogens (tertiary/aromatic N) is 1. The van der Waals surface area contributed by atoms with Gasteiger partial charge in [0.2, 0.25) is 0 Å². The fourth-order valence-corrected chi connectivity index (χ4v) is 2.96. The Balaban J connectivity index is 1.95. The van der Waals surface area contributed by atoms with E-state index in [2.05, 4.69) is 9.93 Å². The third-order valence-electron chi connectivity index (χ3n) is 3.41. The molecule has 0 bridgehead atoms. The lowest BCUT2D eigenvalue weighted by Crippen LogP contribution is -2.21. The third-order valence-corrected chi connectivity index (χ3v) is 4.64. The highest BCUT2D eigenvalue weighted by Gasteiger charge is 2.15. The standard InChI is InChI=1S/C18H16N2O3S/c1-14-9-11-16(12-10-14)24(21,22)20-19-18(17-8-5-13-23-17)15-6-3-2-4-7-15/h2-13,20H,1H3/b19-18-. The van der Waals surface area contributed by atoms with Crippen LogP contribution in [0.25, 0.3) is 0 Å². The van der Waals surface area contributed by atoms with E-state index in [0.29, 0.717) is 11.5 Å². The average Bonchev–Trinajstić information content (AvgIpc) is 3.11. The van der Waals surface area contributed by atoms with Gasteiger partial charge in [0.1, 0.15) is 5.71 Å². The number of hydrazone groups is 1. The van der Waals surface area contributed by atoms with Crippen molar-refractivity contribution in [1.29, 1.82) is 0 Å². The van der Waals surface area contributed by atoms with E-state index in [1.54, 1.807) is 36.4 Å². The highest BCUT2D eigenvalue weighted by molar-refractivity contribution is 7.89. The molecular weight excluding hydrogens is 324 g/mol. The van der Waals surface area contributed by atoms with Crippen LogP contribution in [0.5, 0.6) is 0 Å². The topological polar surface area (TPSA) is 71.7 Å². The molecule has 0 atom stereocenters. The summed E-state index contributed by atoms with van der Waals surface area (Å²) >= 11 is 0. The maximum atomic E-state index is 12.4. The number of sulfonamides is 1. The molecule has 2 aromatic carbocycles. The van der Waals surface area contributed by atoms with Gasteiger partial charge in [-0.2, -0.15) is 18.4 Å². The van der Waals surface area contributed by atoms with Crippen LogP contribution in [0, 0.1) is 6.92 Å². The van der Waals surface area contributed by atoms with Crippen LogP contribution < -0.4 is 4.83 Å². The van der Waals surface area contributed by atoms with Gasteiger partial charge in [-0.1, -0.05) is 48.0 Å². The van der Waals surface area contributed by atoms with Crippen LogP contribution in [0.15, 0.2) is 87.4 Å². The number of rotatable bonds is 5. The van der Waals surface area contributed by atoms with Crippen LogP contribution in [-0.4, -0.2) is 14.1 Å². The Kier molecular flexibility index (Phi) is 4.48. The van der Waals surface area contributed by atoms with E-state index in [-0.39, 0.29) is 4.90 Å². The summed E-state index contributed by atoms with van der Waals surface area (Å²) in [5.41, 5.74) is 2.15. The molecule has 0 radical (unpaired) electrons. The van der Waals surface area contributed by atoms with Crippen molar-refractivity contribution < 1.29 is 12.8 Å². The van der Waals surface area contributed by atoms with Crippen molar-refractivity contribution in [3.63, 3.8) is 0 Å². The Morgan fingerprint density at radius 3 is 2.29 bits per heavy atom. The molecule has 0 saturated carbocycles. The molecule has 0 unspecified atom stereocenters. The maximum Gasteiger partial charge on any atom is 0.276 e. The molecule has 1 N–H and O–H groups in total. The number of hydrogen-bond acceptors (Lipinski definition) is 4. The van der Waals surface area contributed by atoms with Gasteiger partial charge in [-0.3, -0.25) is 0 Å². The van der Waals surface area contributed by atoms with Crippen LogP contribution in [0.4, 0.5) is 0 Å². The highest BCUT2D eigenvalue weighted by atomic mass is 32.2. The van der Waals surface area contributed by atoms with Crippen molar-refractivity contribution in [2.24, 2.45) is 5.10 Å². The number of hydrogen-bond donors (Lipinski definition) is 1. The van der Waals surface area contributed by atoms with Gasteiger partial charge < -0.3 is 4.42 Å². The second-order valence-corrected chi connectivity index (χ2v) is 6.87. The van der Waals surface area contributed by atoms with Crippen molar-refractivity contribution in [1.82, 2.24) is 4.83 Å². The van der Waals surface area contributed by atoms with E-state index in [1.165, 1.54) is 6.26 Å². The van der Waals surface area contributed by atoms with E-state index in [1.807, 2.05) is 37.3 Å². The van der Waals surface area contributed by atoms with Gasteiger partial charge in [0, 0.05) is 5.56 Å². The SMILES string of the molecule is Cc1ccc(S(=O)(=O)N/N=C(/c2ccccc2)c2ccco2)cc1. The van der Waals surface area contributed by atoms with Crippen molar-refractivity contribution in [2.45, 2.75) is 11.8 Å². The van der Waals surface area contributed by atoms with E-state index >= 15 is 0 Å². The maximum absolute atomic E-state index is 12.4. The number of benzene rings is 2. The normalized spacial score (nSPS) is 12.1. The molecule has 1 heterocycles. The van der Waals surface area contributed by atoms with Crippen molar-refractivity contribution >= 4 is 15.7 Å². The van der Waals surface area contributed by atoms with Gasteiger partial charge >= 0.3 is 0 Å². The van der Waals surface area contributed by atoms with E-state index in [0.717, 1.165) is 11.1 Å². The summed E-state index contributed by atoms with van der Waals surface area (Å²) in [6.45, 7) is 1.90. The molecule has 0 aliphatic carbocycles. The molecule has 0 aliphatic heterocycles. The predicted molar refractivity (Wildman–Crippen MR) is 92.3 cm³/mol. The van der Waals surface area contributed by atoms with Crippen LogP contribution in [0.1, 0.15) is 16.9 Å². The molecule has 5 nitrogen and oxygen atoms in total. The quantitative estimate of drug-likeness (QED) is 0.572. The van der Waals surface area contributed by atoms with E-state index < -0.39 is 10.0 Å². The first-order valence-corrected chi connectivity index (χ1v) is 8.80. The van der Waals surface area contributed by atoms with E-state index in [9.17, 15) is 8.42 Å². The molecule has 0 amide bonds. The number of nitrogens with one attached hydrogen (secondary N) is 1. The van der Waals surface area contributed by atoms with Gasteiger partial charge in [0.25, 0.3) is 10.0 Å². The number of furan rings is 1. The largest absolute Gasteiger partial charge is 0.463 e. The van der Waals surface area contributed by atoms with Gasteiger partial charge in [-0.05, 0) is 31.2 Å². The first-order valence-electron chi connectivity index (χ1n) is 7.32. The Morgan fingerprint density at radius 1 is 0.958 bits per heavy atom. The molecule has 0 fully saturated rings. The molecule has 0 spiro atoms. The minimum atomic E-state index is -3.75. The first-order chi connectivity index (χ1) is 11.6. The Hall–Kier alpha value is -2.86. The van der Waals surface area contributed by atoms with Crippen molar-refractivity contribution in [3.8, 4) is 0 Å². The second kappa shape index (κ2) is 6.72. The van der Waals surface area contributed by atoms with E-state index in [4.69, 9.17) is 4.42 Å². The zero-order valence-corrected chi connectivity index (χ0v) is 13.8. The van der Waals surface area contributed by atoms with Crippen molar-refractivity contribution in [2.75, 3.05) is 0 Å². The van der Waals surface area contributed by atoms with Crippen LogP contribution in [0.3, 0.4) is 0 Å². The summed E-state index contributed by atoms with van der Waals surface area (Å²) in [5.74, 6) is 0.479. The monoisotopic (exact) mass is 340 g/mol. The summed E-state index contributed by atoms with van der Waals surface area (Å²) in [5, 5.41) is 4.09. The fraction of sp³-hybridized carbons (Fsp3) is 0.0556. The average molecular weight is 340 g/mol. The molecule has 3 rings (SSSR count). The highest BCUT2D eigenvalue weighted by Crippen LogP contribution is 2.13. The van der Waals surface area contributed by atoms with Gasteiger partial charge in [0.15, 0.2) is 5.76 Å². The molecular formula is C18H16N2O3S. The minimum Gasteiger partial charge on any atom is -0.463 e. The third kappa shape index (κ3) is 3.55. The molecule has 122 valence electrons. The van der Waals surface area contributed by atoms with Crippen LogP contribution in [-0.2, 0) is 10.0 Å². The lowest BCUT2D eigenvalue weighted by molar-refractivity contribution is 0.556. The molecule has 0 saturated heterocycles. The second-order valence-electron chi connectivity index (χ2n) is 5.21. The lowest BCUT2D eigenvalue weighted by atomic mass is 10.1. The van der Waals surface area contributed by atoms with Gasteiger partial charge in [-0.15, -0.1) is 0 Å². The number of aryl methyl sites for hydroxylation is 1.